The molecule has 1 fully saturated rings. The van der Waals surface area contributed by atoms with E-state index < -0.39 is 143 Å². The van der Waals surface area contributed by atoms with Crippen LogP contribution in [0.4, 0.5) is 0 Å². The average molecular weight is 1260 g/mol. The molecule has 0 radical (unpaired) electrons. The minimum absolute atomic E-state index is 0.0266. The Balaban J connectivity index is 4.39. The second-order valence-electron chi connectivity index (χ2n) is 27.9. The number of Topliss-reactive ketones (excluding diaryl/α,β-unsaturated/α-hetero) is 4. The van der Waals surface area contributed by atoms with E-state index in [-0.39, 0.29) is 99.6 Å². The highest BCUT2D eigenvalue weighted by Crippen LogP contribution is 2.29. The number of ketones is 4. The summed E-state index contributed by atoms with van der Waals surface area (Å²) < 4.78 is 5.52. The molecule has 0 saturated carbocycles. The van der Waals surface area contributed by atoms with Gasteiger partial charge in [-0.05, 0) is 88.0 Å². The summed E-state index contributed by atoms with van der Waals surface area (Å²) >= 11 is 0. The number of methoxy groups -OCH3 is 1. The van der Waals surface area contributed by atoms with Crippen LogP contribution in [-0.2, 0) is 57.5 Å². The van der Waals surface area contributed by atoms with Gasteiger partial charge in [0.2, 0.25) is 41.4 Å². The number of likely N-dealkylation sites (N-methyl/N-ethyl adjacent to an activating group) is 7. The first-order chi connectivity index (χ1) is 41.2. The number of carbonyl (C=O) groups is 11. The SMILES string of the molecule is C/C=C/C[C@@H](C)[C@@H](O)C1C(=O)N[C@@H](CC)C(=O)N(C)[C@H](CC)C(=O)N(C)[C@@H]([C@H](C)COC)C(=O)C[C@@H](C(C)C)C(=O)N(C)[C@@H](CC(C)C)C(=O)C[C@@H](C)C(=O)C[C@H](C)C(=O)N(C)[C@@H](CC(C)C)C(=O)CN(C)[C@@H](CC(C)C)C(=O)N(C)[C@@H](C(C)C)C(=O)N1C. The summed E-state index contributed by atoms with van der Waals surface area (Å²) in [5.74, 6) is -10.7. The van der Waals surface area contributed by atoms with Gasteiger partial charge in [-0.3, -0.25) is 57.6 Å². The molecule has 0 aromatic carbocycles. The molecule has 14 atom stereocenters. The molecule has 0 aromatic heterocycles. The largest absolute Gasteiger partial charge is 0.390 e. The summed E-state index contributed by atoms with van der Waals surface area (Å²) in [6.07, 6.45) is 2.60. The molecule has 0 aliphatic carbocycles. The summed E-state index contributed by atoms with van der Waals surface area (Å²) in [4.78, 5) is 172. The van der Waals surface area contributed by atoms with Gasteiger partial charge in [0.1, 0.15) is 30.0 Å². The third-order valence-electron chi connectivity index (χ3n) is 18.1. The third kappa shape index (κ3) is 22.7. The van der Waals surface area contributed by atoms with Crippen LogP contribution in [0.5, 0.6) is 0 Å². The van der Waals surface area contributed by atoms with Crippen molar-refractivity contribution in [2.24, 2.45) is 59.2 Å². The fourth-order valence-electron chi connectivity index (χ4n) is 12.5. The first-order valence-corrected chi connectivity index (χ1v) is 32.7. The minimum atomic E-state index is -1.59. The summed E-state index contributed by atoms with van der Waals surface area (Å²) in [5.41, 5.74) is 0. The molecule has 2 N–H and O–H groups in total. The van der Waals surface area contributed by atoms with Crippen molar-refractivity contribution in [3.63, 3.8) is 0 Å². The maximum absolute atomic E-state index is 15.2. The van der Waals surface area contributed by atoms with Crippen LogP contribution in [0.2, 0.25) is 0 Å². The van der Waals surface area contributed by atoms with Crippen LogP contribution in [0.1, 0.15) is 175 Å². The van der Waals surface area contributed by atoms with Gasteiger partial charge < -0.3 is 44.6 Å². The maximum Gasteiger partial charge on any atom is 0.246 e. The second-order valence-corrected chi connectivity index (χ2v) is 27.9. The van der Waals surface area contributed by atoms with E-state index in [1.54, 1.807) is 87.3 Å². The van der Waals surface area contributed by atoms with Crippen molar-refractivity contribution >= 4 is 64.5 Å². The van der Waals surface area contributed by atoms with E-state index in [0.29, 0.717) is 6.42 Å². The van der Waals surface area contributed by atoms with Crippen molar-refractivity contribution < 1.29 is 62.6 Å². The van der Waals surface area contributed by atoms with Crippen molar-refractivity contribution in [1.29, 1.82) is 0 Å². The smallest absolute Gasteiger partial charge is 0.246 e. The highest BCUT2D eigenvalue weighted by Gasteiger charge is 2.46. The van der Waals surface area contributed by atoms with Crippen LogP contribution in [0, 0.1) is 59.2 Å². The molecule has 7 amide bonds. The van der Waals surface area contributed by atoms with Crippen molar-refractivity contribution in [1.82, 2.24) is 39.6 Å². The number of allylic oxidation sites excluding steroid dienone is 2. The number of nitrogens with one attached hydrogen (secondary N) is 1. The zero-order valence-corrected chi connectivity index (χ0v) is 59.4. The number of rotatable bonds is 17. The molecule has 89 heavy (non-hydrogen) atoms. The lowest BCUT2D eigenvalue weighted by Gasteiger charge is -2.41. The lowest BCUT2D eigenvalue weighted by molar-refractivity contribution is -0.155. The summed E-state index contributed by atoms with van der Waals surface area (Å²) in [5, 5.41) is 15.0. The molecule has 0 aromatic rings. The second kappa shape index (κ2) is 37.8. The van der Waals surface area contributed by atoms with Crippen molar-refractivity contribution in [3.8, 4) is 0 Å². The number of carbonyl (C=O) groups excluding carboxylic acids is 11. The molecule has 510 valence electrons. The van der Waals surface area contributed by atoms with Gasteiger partial charge in [0.25, 0.3) is 0 Å². The predicted octanol–water partition coefficient (Wildman–Crippen LogP) is 6.60. The molecular formula is C68H120N8O13. The monoisotopic (exact) mass is 1260 g/mol. The van der Waals surface area contributed by atoms with Crippen LogP contribution in [0.25, 0.3) is 0 Å². The molecule has 0 spiro atoms. The highest BCUT2D eigenvalue weighted by atomic mass is 16.5. The van der Waals surface area contributed by atoms with E-state index in [1.165, 1.54) is 73.9 Å². The number of nitrogens with zero attached hydrogens (tertiary/aromatic N) is 7. The zero-order valence-electron chi connectivity index (χ0n) is 59.4. The maximum atomic E-state index is 15.2. The van der Waals surface area contributed by atoms with E-state index in [4.69, 9.17) is 4.74 Å². The molecule has 1 unspecified atom stereocenters. The van der Waals surface area contributed by atoms with Crippen molar-refractivity contribution in [2.75, 3.05) is 69.6 Å². The molecule has 0 bridgehead atoms. The highest BCUT2D eigenvalue weighted by molar-refractivity contribution is 5.99. The minimum Gasteiger partial charge on any atom is -0.390 e. The van der Waals surface area contributed by atoms with Crippen LogP contribution in [-0.4, -0.2) is 228 Å². The number of aliphatic hydroxyl groups is 1. The topological polar surface area (TPSA) is 252 Å². The van der Waals surface area contributed by atoms with Crippen LogP contribution < -0.4 is 5.32 Å². The summed E-state index contributed by atoms with van der Waals surface area (Å²) in [6, 6.07) is -9.24. The Labute approximate surface area is 535 Å². The van der Waals surface area contributed by atoms with Gasteiger partial charge in [-0.2, -0.15) is 0 Å². The van der Waals surface area contributed by atoms with E-state index in [0.717, 1.165) is 4.90 Å². The van der Waals surface area contributed by atoms with Crippen LogP contribution >= 0.6 is 0 Å². The number of amides is 7. The van der Waals surface area contributed by atoms with Gasteiger partial charge >= 0.3 is 0 Å². The summed E-state index contributed by atoms with van der Waals surface area (Å²) in [7, 11) is 11.9. The van der Waals surface area contributed by atoms with E-state index in [1.807, 2.05) is 54.5 Å². The fourth-order valence-corrected chi connectivity index (χ4v) is 12.5. The van der Waals surface area contributed by atoms with Gasteiger partial charge in [0.15, 0.2) is 17.3 Å². The van der Waals surface area contributed by atoms with E-state index >= 15 is 9.59 Å². The Morgan fingerprint density at radius 1 is 0.506 bits per heavy atom. The van der Waals surface area contributed by atoms with Gasteiger partial charge in [-0.25, -0.2) is 0 Å². The van der Waals surface area contributed by atoms with Crippen LogP contribution in [0.3, 0.4) is 0 Å². The van der Waals surface area contributed by atoms with Crippen molar-refractivity contribution in [2.45, 2.75) is 230 Å². The average Bonchev–Trinajstić information content (AvgIpc) is 0.946. The van der Waals surface area contributed by atoms with Gasteiger partial charge in [-0.15, -0.1) is 0 Å². The predicted molar refractivity (Wildman–Crippen MR) is 348 cm³/mol. The quantitative estimate of drug-likeness (QED) is 0.146. The normalized spacial score (nSPS) is 28.0. The molecule has 1 saturated heterocycles. The Morgan fingerprint density at radius 2 is 0.966 bits per heavy atom. The lowest BCUT2D eigenvalue weighted by Crippen LogP contribution is -2.63. The molecular weight excluding hydrogens is 1140 g/mol. The Bertz CT molecular complexity index is 2410. The Hall–Kier alpha value is -5.41. The number of aliphatic hydroxyl groups excluding tert-OH is 1. The first kappa shape index (κ1) is 81.6. The zero-order chi connectivity index (χ0) is 69.0. The third-order valence-corrected chi connectivity index (χ3v) is 18.1. The molecule has 1 heterocycles. The van der Waals surface area contributed by atoms with E-state index in [9.17, 15) is 48.3 Å². The first-order valence-electron chi connectivity index (χ1n) is 32.7. The molecule has 21 nitrogen and oxygen atoms in total. The van der Waals surface area contributed by atoms with Crippen LogP contribution in [0.15, 0.2) is 12.2 Å². The van der Waals surface area contributed by atoms with Gasteiger partial charge in [0.05, 0.1) is 43.4 Å². The molecule has 1 aliphatic rings. The van der Waals surface area contributed by atoms with Gasteiger partial charge in [-0.1, -0.05) is 123 Å². The molecule has 1 rings (SSSR count). The number of hydrogen-bond donors (Lipinski definition) is 2. The Kier molecular flexibility index (Phi) is 34.7. The fraction of sp³-hybridized carbons (Fsp3) is 0.809. The molecule has 1 aliphatic heterocycles. The number of hydrogen-bond acceptors (Lipinski definition) is 14. The summed E-state index contributed by atoms with van der Waals surface area (Å²) in [6.45, 7) is 30.3. The number of ether oxygens (including phenoxy) is 1. The molecule has 21 heteroatoms. The lowest BCUT2D eigenvalue weighted by atomic mass is 9.83. The standard InChI is InChI=1S/C68H120N8O13/c1-26-29-30-44(14)61(81)60-62(82)69-49(27-2)65(85)71(19)50(28-3)66(86)75(23)59(47(17)38-89-25)56(79)36-48(42(10)11)64(84)73(21)51(31-39(4)5)55(78)34-45(15)54(77)35-46(16)63(83)72(20)52(32-40(6)7)57(80)37-70(18)53(33-41(8)9)67(87)74(22)58(43(12)13)68(88)76(60)24/h26,29,39-53,58-61,81H,27-28,30-38H2,1-25H3,(H,69,82)/b29-26+/t44-,45-,46+,47-,48+,49+,50-,51+,52+,53+,58+,59+,60?,61-/m1/s1. The van der Waals surface area contributed by atoms with Crippen molar-refractivity contribution in [3.05, 3.63) is 12.2 Å². The van der Waals surface area contributed by atoms with E-state index in [2.05, 4.69) is 5.32 Å². The Morgan fingerprint density at radius 3 is 1.44 bits per heavy atom. The van der Waals surface area contributed by atoms with Gasteiger partial charge in [0, 0.05) is 92.3 Å².